The molecule has 1 rings (SSSR count). The van der Waals surface area contributed by atoms with Crippen molar-refractivity contribution in [3.05, 3.63) is 0 Å². The second-order valence-electron chi connectivity index (χ2n) is 3.46. The van der Waals surface area contributed by atoms with Crippen LogP contribution in [0.5, 0.6) is 0 Å². The molecular formula is C9H17N3. The lowest BCUT2D eigenvalue weighted by atomic mass is 10.2. The summed E-state index contributed by atoms with van der Waals surface area (Å²) in [5.74, 6) is 0. The largest absolute Gasteiger partial charge is 0.304 e. The molecule has 0 aromatic rings. The lowest BCUT2D eigenvalue weighted by molar-refractivity contribution is 0.256. The number of likely N-dealkylation sites (N-methyl/N-ethyl adjacent to an activating group) is 1. The molecule has 1 saturated heterocycles. The van der Waals surface area contributed by atoms with Gasteiger partial charge in [0.1, 0.15) is 6.04 Å². The summed E-state index contributed by atoms with van der Waals surface area (Å²) in [4.78, 5) is 2.38. The molecule has 2 atom stereocenters. The van der Waals surface area contributed by atoms with Crippen LogP contribution in [0.1, 0.15) is 19.8 Å². The number of nitrogens with one attached hydrogen (secondary N) is 1. The normalized spacial score (nSPS) is 26.9. The van der Waals surface area contributed by atoms with E-state index in [-0.39, 0.29) is 6.04 Å². The van der Waals surface area contributed by atoms with E-state index in [1.54, 1.807) is 0 Å². The molecule has 1 aliphatic rings. The maximum atomic E-state index is 8.73. The molecule has 0 spiro atoms. The summed E-state index contributed by atoms with van der Waals surface area (Å²) >= 11 is 0. The Morgan fingerprint density at radius 1 is 1.75 bits per heavy atom. The van der Waals surface area contributed by atoms with Crippen LogP contribution in [0.2, 0.25) is 0 Å². The van der Waals surface area contributed by atoms with Crippen LogP contribution in [0.15, 0.2) is 0 Å². The van der Waals surface area contributed by atoms with Crippen LogP contribution in [0.4, 0.5) is 0 Å². The van der Waals surface area contributed by atoms with Crippen molar-refractivity contribution in [1.29, 1.82) is 5.26 Å². The van der Waals surface area contributed by atoms with E-state index in [0.717, 1.165) is 13.1 Å². The van der Waals surface area contributed by atoms with Gasteiger partial charge in [0.05, 0.1) is 6.07 Å². The molecule has 2 unspecified atom stereocenters. The van der Waals surface area contributed by atoms with Gasteiger partial charge in [-0.1, -0.05) is 0 Å². The third kappa shape index (κ3) is 2.20. The molecule has 3 heteroatoms. The van der Waals surface area contributed by atoms with Crippen LogP contribution in [0.3, 0.4) is 0 Å². The molecule has 1 heterocycles. The average Bonchev–Trinajstić information content (AvgIpc) is 2.47. The quantitative estimate of drug-likeness (QED) is 0.668. The molecule has 1 N–H and O–H groups in total. The zero-order chi connectivity index (χ0) is 8.97. The Morgan fingerprint density at radius 3 is 2.92 bits per heavy atom. The monoisotopic (exact) mass is 167 g/mol. The SMILES string of the molecule is CNC(C#N)CN1CCCC1C. The topological polar surface area (TPSA) is 39.1 Å². The highest BCUT2D eigenvalue weighted by atomic mass is 15.2. The fourth-order valence-corrected chi connectivity index (χ4v) is 1.70. The summed E-state index contributed by atoms with van der Waals surface area (Å²) in [6.45, 7) is 4.26. The van der Waals surface area contributed by atoms with Gasteiger partial charge in [0, 0.05) is 12.6 Å². The first-order valence-corrected chi connectivity index (χ1v) is 4.59. The lowest BCUT2D eigenvalue weighted by Crippen LogP contribution is -2.40. The molecule has 1 aliphatic heterocycles. The average molecular weight is 167 g/mol. The van der Waals surface area contributed by atoms with E-state index in [2.05, 4.69) is 23.2 Å². The van der Waals surface area contributed by atoms with E-state index in [1.165, 1.54) is 12.8 Å². The van der Waals surface area contributed by atoms with Crippen molar-refractivity contribution in [2.24, 2.45) is 0 Å². The second-order valence-corrected chi connectivity index (χ2v) is 3.46. The van der Waals surface area contributed by atoms with Gasteiger partial charge in [-0.25, -0.2) is 0 Å². The van der Waals surface area contributed by atoms with E-state index >= 15 is 0 Å². The van der Waals surface area contributed by atoms with E-state index in [0.29, 0.717) is 6.04 Å². The van der Waals surface area contributed by atoms with Gasteiger partial charge < -0.3 is 5.32 Å². The van der Waals surface area contributed by atoms with Crippen LogP contribution in [-0.2, 0) is 0 Å². The van der Waals surface area contributed by atoms with Crippen molar-refractivity contribution in [3.63, 3.8) is 0 Å². The van der Waals surface area contributed by atoms with E-state index < -0.39 is 0 Å². The molecule has 3 nitrogen and oxygen atoms in total. The van der Waals surface area contributed by atoms with Crippen LogP contribution in [-0.4, -0.2) is 37.1 Å². The minimum absolute atomic E-state index is 0.00875. The summed E-state index contributed by atoms with van der Waals surface area (Å²) in [5, 5.41) is 11.7. The summed E-state index contributed by atoms with van der Waals surface area (Å²) in [6, 6.07) is 2.90. The highest BCUT2D eigenvalue weighted by Crippen LogP contribution is 2.15. The second kappa shape index (κ2) is 4.44. The lowest BCUT2D eigenvalue weighted by Gasteiger charge is -2.22. The molecule has 1 fully saturated rings. The van der Waals surface area contributed by atoms with E-state index in [4.69, 9.17) is 5.26 Å². The number of rotatable bonds is 3. The molecule has 0 bridgehead atoms. The van der Waals surface area contributed by atoms with Gasteiger partial charge in [-0.05, 0) is 33.4 Å². The molecule has 0 amide bonds. The molecule has 0 saturated carbocycles. The first kappa shape index (κ1) is 9.50. The van der Waals surface area contributed by atoms with Gasteiger partial charge >= 0.3 is 0 Å². The molecule has 0 aliphatic carbocycles. The fourth-order valence-electron chi connectivity index (χ4n) is 1.70. The molecule has 0 aromatic carbocycles. The zero-order valence-corrected chi connectivity index (χ0v) is 7.88. The Labute approximate surface area is 74.4 Å². The number of likely N-dealkylation sites (tertiary alicyclic amines) is 1. The Morgan fingerprint density at radius 2 is 2.50 bits per heavy atom. The number of nitriles is 1. The highest BCUT2D eigenvalue weighted by Gasteiger charge is 2.22. The van der Waals surface area contributed by atoms with Crippen molar-refractivity contribution in [3.8, 4) is 6.07 Å². The maximum absolute atomic E-state index is 8.73. The Hall–Kier alpha value is -0.590. The van der Waals surface area contributed by atoms with Crippen molar-refractivity contribution >= 4 is 0 Å². The fraction of sp³-hybridized carbons (Fsp3) is 0.889. The van der Waals surface area contributed by atoms with Gasteiger partial charge in [0.2, 0.25) is 0 Å². The maximum Gasteiger partial charge on any atom is 0.108 e. The third-order valence-electron chi connectivity index (χ3n) is 2.61. The Balaban J connectivity index is 2.34. The van der Waals surface area contributed by atoms with Gasteiger partial charge in [-0.2, -0.15) is 5.26 Å². The summed E-state index contributed by atoms with van der Waals surface area (Å²) < 4.78 is 0. The number of hydrogen-bond donors (Lipinski definition) is 1. The highest BCUT2D eigenvalue weighted by molar-refractivity contribution is 4.93. The number of hydrogen-bond acceptors (Lipinski definition) is 3. The van der Waals surface area contributed by atoms with Crippen molar-refractivity contribution in [2.45, 2.75) is 31.8 Å². The molecule has 68 valence electrons. The first-order chi connectivity index (χ1) is 5.77. The Bertz CT molecular complexity index is 173. The summed E-state index contributed by atoms with van der Waals surface area (Å²) in [7, 11) is 1.84. The summed E-state index contributed by atoms with van der Waals surface area (Å²) in [5.41, 5.74) is 0. The minimum atomic E-state index is -0.00875. The Kier molecular flexibility index (Phi) is 3.51. The van der Waals surface area contributed by atoms with Gasteiger partial charge in [-0.15, -0.1) is 0 Å². The van der Waals surface area contributed by atoms with Crippen molar-refractivity contribution < 1.29 is 0 Å². The summed E-state index contributed by atoms with van der Waals surface area (Å²) in [6.07, 6.45) is 2.56. The van der Waals surface area contributed by atoms with Gasteiger partial charge in [-0.3, -0.25) is 4.90 Å². The smallest absolute Gasteiger partial charge is 0.108 e. The van der Waals surface area contributed by atoms with Crippen LogP contribution in [0, 0.1) is 11.3 Å². The molecule has 0 aromatic heterocycles. The van der Waals surface area contributed by atoms with Gasteiger partial charge in [0.15, 0.2) is 0 Å². The predicted octanol–water partition coefficient (Wildman–Crippen LogP) is 0.582. The van der Waals surface area contributed by atoms with E-state index in [9.17, 15) is 0 Å². The zero-order valence-electron chi connectivity index (χ0n) is 7.88. The molecular weight excluding hydrogens is 150 g/mol. The van der Waals surface area contributed by atoms with Crippen molar-refractivity contribution in [2.75, 3.05) is 20.1 Å². The third-order valence-corrected chi connectivity index (χ3v) is 2.61. The van der Waals surface area contributed by atoms with Gasteiger partial charge in [0.25, 0.3) is 0 Å². The van der Waals surface area contributed by atoms with E-state index in [1.807, 2.05) is 7.05 Å². The number of nitrogens with zero attached hydrogens (tertiary/aromatic N) is 2. The van der Waals surface area contributed by atoms with Crippen LogP contribution >= 0.6 is 0 Å². The van der Waals surface area contributed by atoms with Crippen LogP contribution in [0.25, 0.3) is 0 Å². The van der Waals surface area contributed by atoms with Crippen LogP contribution < -0.4 is 5.32 Å². The first-order valence-electron chi connectivity index (χ1n) is 4.59. The minimum Gasteiger partial charge on any atom is -0.304 e. The standard InChI is InChI=1S/C9H17N3/c1-8-4-3-5-12(8)7-9(6-10)11-2/h8-9,11H,3-5,7H2,1-2H3. The molecule has 0 radical (unpaired) electrons. The van der Waals surface area contributed by atoms with Crippen molar-refractivity contribution in [1.82, 2.24) is 10.2 Å². The predicted molar refractivity (Wildman–Crippen MR) is 48.7 cm³/mol. The molecule has 12 heavy (non-hydrogen) atoms.